The molecule has 0 heterocycles. The highest BCUT2D eigenvalue weighted by Gasteiger charge is 2.00. The predicted molar refractivity (Wildman–Crippen MR) is 68.6 cm³/mol. The predicted octanol–water partition coefficient (Wildman–Crippen LogP) is 2.78. The van der Waals surface area contributed by atoms with Gasteiger partial charge in [-0.25, -0.2) is 4.79 Å². The van der Waals surface area contributed by atoms with Crippen LogP contribution in [0.15, 0.2) is 36.0 Å². The van der Waals surface area contributed by atoms with E-state index in [0.29, 0.717) is 0 Å². The number of nitrogens with one attached hydrogen (secondary N) is 1. The normalized spacial score (nSPS) is 11.0. The minimum absolute atomic E-state index is 0.356. The highest BCUT2D eigenvalue weighted by Crippen LogP contribution is 2.18. The molecule has 0 aliphatic rings. The summed E-state index contributed by atoms with van der Waals surface area (Å²) in [7, 11) is 1.36. The number of halogens is 1. The van der Waals surface area contributed by atoms with Crippen LogP contribution in [-0.2, 0) is 9.53 Å². The number of esters is 1. The largest absolute Gasteiger partial charge is 0.466 e. The molecule has 0 aliphatic carbocycles. The fraction of sp³-hybridized carbons (Fsp3) is 0.182. The Kier molecular flexibility index (Phi) is 4.61. The standard InChI is InChI=1S/C11H12INO2/c1-8(7-11(14)15-2)13-10-6-4-3-5-9(10)12/h3-7,13H,1-2H3/b8-7+. The molecule has 3 nitrogen and oxygen atoms in total. The van der Waals surface area contributed by atoms with Crippen LogP contribution < -0.4 is 5.32 Å². The van der Waals surface area contributed by atoms with Crippen molar-refractivity contribution in [2.75, 3.05) is 12.4 Å². The van der Waals surface area contributed by atoms with Gasteiger partial charge in [0.1, 0.15) is 0 Å². The lowest BCUT2D eigenvalue weighted by Crippen LogP contribution is -2.02. The van der Waals surface area contributed by atoms with Crippen LogP contribution in [0.2, 0.25) is 0 Å². The van der Waals surface area contributed by atoms with Gasteiger partial charge in [-0.15, -0.1) is 0 Å². The highest BCUT2D eigenvalue weighted by molar-refractivity contribution is 14.1. The number of ether oxygens (including phenoxy) is 1. The van der Waals surface area contributed by atoms with Crippen molar-refractivity contribution in [2.24, 2.45) is 0 Å². The smallest absolute Gasteiger partial charge is 0.332 e. The minimum Gasteiger partial charge on any atom is -0.466 e. The number of anilines is 1. The van der Waals surface area contributed by atoms with E-state index in [1.54, 1.807) is 0 Å². The average molecular weight is 317 g/mol. The fourth-order valence-corrected chi connectivity index (χ4v) is 1.57. The molecule has 0 saturated carbocycles. The first-order valence-electron chi connectivity index (χ1n) is 4.41. The van der Waals surface area contributed by atoms with Crippen LogP contribution in [0.3, 0.4) is 0 Å². The van der Waals surface area contributed by atoms with Gasteiger partial charge in [0.15, 0.2) is 0 Å². The van der Waals surface area contributed by atoms with Gasteiger partial charge in [0, 0.05) is 15.3 Å². The van der Waals surface area contributed by atoms with E-state index in [1.807, 2.05) is 31.2 Å². The molecule has 1 rings (SSSR count). The Bertz CT molecular complexity index is 388. The van der Waals surface area contributed by atoms with E-state index in [1.165, 1.54) is 13.2 Å². The van der Waals surface area contributed by atoms with Gasteiger partial charge in [-0.1, -0.05) is 12.1 Å². The summed E-state index contributed by atoms with van der Waals surface area (Å²) in [6, 6.07) is 7.85. The summed E-state index contributed by atoms with van der Waals surface area (Å²) >= 11 is 2.23. The minimum atomic E-state index is -0.356. The maximum Gasteiger partial charge on any atom is 0.332 e. The van der Waals surface area contributed by atoms with Crippen molar-refractivity contribution in [3.8, 4) is 0 Å². The first-order valence-corrected chi connectivity index (χ1v) is 5.49. The number of benzene rings is 1. The van der Waals surface area contributed by atoms with E-state index in [4.69, 9.17) is 0 Å². The molecule has 0 unspecified atom stereocenters. The Morgan fingerprint density at radius 1 is 1.47 bits per heavy atom. The van der Waals surface area contributed by atoms with Crippen LogP contribution in [0.1, 0.15) is 6.92 Å². The molecule has 0 atom stereocenters. The quantitative estimate of drug-likeness (QED) is 0.529. The van der Waals surface area contributed by atoms with Gasteiger partial charge in [0.05, 0.1) is 12.8 Å². The average Bonchev–Trinajstić information content (AvgIpc) is 2.21. The number of hydrogen-bond acceptors (Lipinski definition) is 3. The van der Waals surface area contributed by atoms with Gasteiger partial charge in [-0.05, 0) is 41.6 Å². The van der Waals surface area contributed by atoms with Crippen LogP contribution >= 0.6 is 22.6 Å². The number of para-hydroxylation sites is 1. The lowest BCUT2D eigenvalue weighted by molar-refractivity contribution is -0.134. The van der Waals surface area contributed by atoms with Crippen LogP contribution in [0, 0.1) is 3.57 Å². The summed E-state index contributed by atoms with van der Waals surface area (Å²) in [4.78, 5) is 11.0. The molecule has 1 aromatic carbocycles. The molecule has 4 heteroatoms. The van der Waals surface area contributed by atoms with E-state index in [-0.39, 0.29) is 5.97 Å². The van der Waals surface area contributed by atoms with Gasteiger partial charge in [0.25, 0.3) is 0 Å². The molecule has 1 aromatic rings. The van der Waals surface area contributed by atoms with Crippen molar-refractivity contribution in [2.45, 2.75) is 6.92 Å². The highest BCUT2D eigenvalue weighted by atomic mass is 127. The summed E-state index contributed by atoms with van der Waals surface area (Å²) in [5, 5.41) is 3.13. The zero-order chi connectivity index (χ0) is 11.3. The van der Waals surface area contributed by atoms with Crippen LogP contribution in [0.5, 0.6) is 0 Å². The number of carbonyl (C=O) groups is 1. The Morgan fingerprint density at radius 2 is 2.13 bits per heavy atom. The van der Waals surface area contributed by atoms with Gasteiger partial charge in [-0.3, -0.25) is 0 Å². The van der Waals surface area contributed by atoms with Gasteiger partial charge in [-0.2, -0.15) is 0 Å². The Hall–Kier alpha value is -1.04. The SMILES string of the molecule is COC(=O)/C=C(\C)Nc1ccccc1I. The molecule has 80 valence electrons. The molecular weight excluding hydrogens is 305 g/mol. The monoisotopic (exact) mass is 317 g/mol. The topological polar surface area (TPSA) is 38.3 Å². The summed E-state index contributed by atoms with van der Waals surface area (Å²) in [6.45, 7) is 1.82. The van der Waals surface area contributed by atoms with Gasteiger partial charge in [0.2, 0.25) is 0 Å². The molecule has 0 radical (unpaired) electrons. The van der Waals surface area contributed by atoms with E-state index >= 15 is 0 Å². The first-order chi connectivity index (χ1) is 7.13. The third-order valence-corrected chi connectivity index (χ3v) is 2.68. The third-order valence-electron chi connectivity index (χ3n) is 1.74. The molecule has 0 bridgehead atoms. The van der Waals surface area contributed by atoms with Gasteiger partial charge >= 0.3 is 5.97 Å². The second-order valence-corrected chi connectivity index (χ2v) is 4.12. The third kappa shape index (κ3) is 3.91. The Balaban J connectivity index is 2.74. The van der Waals surface area contributed by atoms with E-state index in [0.717, 1.165) is 15.0 Å². The summed E-state index contributed by atoms with van der Waals surface area (Å²) in [5.74, 6) is -0.356. The van der Waals surface area contributed by atoms with Crippen molar-refractivity contribution in [1.82, 2.24) is 0 Å². The van der Waals surface area contributed by atoms with Crippen molar-refractivity contribution in [1.29, 1.82) is 0 Å². The number of rotatable bonds is 3. The lowest BCUT2D eigenvalue weighted by Gasteiger charge is -2.07. The van der Waals surface area contributed by atoms with Gasteiger partial charge < -0.3 is 10.1 Å². The summed E-state index contributed by atoms with van der Waals surface area (Å²) in [6.07, 6.45) is 1.42. The number of hydrogen-bond donors (Lipinski definition) is 1. The molecule has 0 aliphatic heterocycles. The maximum absolute atomic E-state index is 11.0. The molecule has 0 fully saturated rings. The maximum atomic E-state index is 11.0. The second-order valence-electron chi connectivity index (χ2n) is 2.96. The van der Waals surface area contributed by atoms with E-state index in [2.05, 4.69) is 32.6 Å². The number of allylic oxidation sites excluding steroid dienone is 1. The van der Waals surface area contributed by atoms with Crippen LogP contribution in [0.25, 0.3) is 0 Å². The zero-order valence-corrected chi connectivity index (χ0v) is 10.7. The van der Waals surface area contributed by atoms with Crippen LogP contribution in [0.4, 0.5) is 5.69 Å². The molecule has 0 aromatic heterocycles. The molecule has 1 N–H and O–H groups in total. The Labute approximate surface area is 103 Å². The van der Waals surface area contributed by atoms with Crippen molar-refractivity contribution in [3.05, 3.63) is 39.6 Å². The fourth-order valence-electron chi connectivity index (χ4n) is 1.05. The molecule has 0 spiro atoms. The Morgan fingerprint density at radius 3 is 2.73 bits per heavy atom. The summed E-state index contributed by atoms with van der Waals surface area (Å²) < 4.78 is 5.64. The lowest BCUT2D eigenvalue weighted by atomic mass is 10.3. The first kappa shape index (κ1) is 12.0. The zero-order valence-electron chi connectivity index (χ0n) is 8.58. The van der Waals surface area contributed by atoms with Crippen LogP contribution in [-0.4, -0.2) is 13.1 Å². The van der Waals surface area contributed by atoms with Crippen molar-refractivity contribution in [3.63, 3.8) is 0 Å². The molecule has 15 heavy (non-hydrogen) atoms. The van der Waals surface area contributed by atoms with Crippen molar-refractivity contribution < 1.29 is 9.53 Å². The second kappa shape index (κ2) is 5.75. The van der Waals surface area contributed by atoms with Crippen molar-refractivity contribution >= 4 is 34.2 Å². The molecular formula is C11H12INO2. The molecule has 0 saturated heterocycles. The van der Waals surface area contributed by atoms with E-state index < -0.39 is 0 Å². The number of carbonyl (C=O) groups excluding carboxylic acids is 1. The summed E-state index contributed by atoms with van der Waals surface area (Å²) in [5.41, 5.74) is 1.74. The number of methoxy groups -OCH3 is 1. The molecule has 0 amide bonds. The van der Waals surface area contributed by atoms with E-state index in [9.17, 15) is 4.79 Å².